The molecule has 1 unspecified atom stereocenters. The summed E-state index contributed by atoms with van der Waals surface area (Å²) in [7, 11) is 0. The smallest absolute Gasteiger partial charge is 0.234 e. The molecule has 0 aliphatic carbocycles. The van der Waals surface area contributed by atoms with E-state index in [0.717, 1.165) is 31.9 Å². The lowest BCUT2D eigenvalue weighted by Crippen LogP contribution is -2.38. The van der Waals surface area contributed by atoms with Crippen LogP contribution in [0.1, 0.15) is 5.56 Å². The standard InChI is InChI=1S/C13H19N3O2/c14-12(13(15)17)9-10-1-3-11(4-2-10)16-5-7-18-8-6-16/h1-4,12H,5-9,14H2,(H2,15,17). The van der Waals surface area contributed by atoms with E-state index in [-0.39, 0.29) is 0 Å². The van der Waals surface area contributed by atoms with E-state index in [4.69, 9.17) is 16.2 Å². The maximum Gasteiger partial charge on any atom is 0.234 e. The van der Waals surface area contributed by atoms with Crippen LogP contribution in [0.4, 0.5) is 5.69 Å². The topological polar surface area (TPSA) is 81.6 Å². The van der Waals surface area contributed by atoms with E-state index < -0.39 is 11.9 Å². The van der Waals surface area contributed by atoms with Gasteiger partial charge in [0.25, 0.3) is 0 Å². The molecule has 4 N–H and O–H groups in total. The number of carbonyl (C=O) groups excluding carboxylic acids is 1. The van der Waals surface area contributed by atoms with Crippen LogP contribution in [0.25, 0.3) is 0 Å². The molecule has 1 heterocycles. The number of anilines is 1. The number of primary amides is 1. The minimum absolute atomic E-state index is 0.466. The van der Waals surface area contributed by atoms with Crippen molar-refractivity contribution in [1.29, 1.82) is 0 Å². The predicted molar refractivity (Wildman–Crippen MR) is 70.3 cm³/mol. The normalized spacial score (nSPS) is 17.5. The third-order valence-corrected chi connectivity index (χ3v) is 3.13. The van der Waals surface area contributed by atoms with Gasteiger partial charge in [-0.05, 0) is 24.1 Å². The van der Waals surface area contributed by atoms with Crippen molar-refractivity contribution in [3.63, 3.8) is 0 Å². The first-order chi connectivity index (χ1) is 8.66. The van der Waals surface area contributed by atoms with Crippen molar-refractivity contribution in [2.45, 2.75) is 12.5 Å². The Morgan fingerprint density at radius 3 is 2.44 bits per heavy atom. The van der Waals surface area contributed by atoms with Crippen LogP contribution in [0.2, 0.25) is 0 Å². The second-order valence-corrected chi connectivity index (χ2v) is 4.48. The Bertz CT molecular complexity index is 399. The zero-order valence-electron chi connectivity index (χ0n) is 10.3. The Kier molecular flexibility index (Phi) is 4.17. The quantitative estimate of drug-likeness (QED) is 0.779. The number of morpholine rings is 1. The van der Waals surface area contributed by atoms with E-state index in [2.05, 4.69) is 4.90 Å². The van der Waals surface area contributed by atoms with Crippen LogP contribution in [0.15, 0.2) is 24.3 Å². The second-order valence-electron chi connectivity index (χ2n) is 4.48. The van der Waals surface area contributed by atoms with Gasteiger partial charge < -0.3 is 21.1 Å². The van der Waals surface area contributed by atoms with Crippen molar-refractivity contribution in [1.82, 2.24) is 0 Å². The van der Waals surface area contributed by atoms with Gasteiger partial charge in [-0.3, -0.25) is 4.79 Å². The molecule has 5 nitrogen and oxygen atoms in total. The van der Waals surface area contributed by atoms with Gasteiger partial charge in [0.15, 0.2) is 0 Å². The van der Waals surface area contributed by atoms with Crippen LogP contribution < -0.4 is 16.4 Å². The Morgan fingerprint density at radius 2 is 1.89 bits per heavy atom. The number of rotatable bonds is 4. The maximum atomic E-state index is 10.9. The highest BCUT2D eigenvalue weighted by Gasteiger charge is 2.12. The van der Waals surface area contributed by atoms with Crippen molar-refractivity contribution in [2.75, 3.05) is 31.2 Å². The number of carbonyl (C=O) groups is 1. The molecule has 18 heavy (non-hydrogen) atoms. The molecule has 5 heteroatoms. The summed E-state index contributed by atoms with van der Waals surface area (Å²) in [5, 5.41) is 0. The van der Waals surface area contributed by atoms with E-state index in [1.54, 1.807) is 0 Å². The fourth-order valence-electron chi connectivity index (χ4n) is 2.02. The molecule has 1 fully saturated rings. The molecule has 0 bridgehead atoms. The Hall–Kier alpha value is -1.59. The molecule has 1 amide bonds. The van der Waals surface area contributed by atoms with Crippen LogP contribution in [0.3, 0.4) is 0 Å². The molecule has 0 aromatic heterocycles. The van der Waals surface area contributed by atoms with Gasteiger partial charge in [-0.15, -0.1) is 0 Å². The molecule has 2 rings (SSSR count). The number of nitrogens with zero attached hydrogens (tertiary/aromatic N) is 1. The molecule has 1 saturated heterocycles. The van der Waals surface area contributed by atoms with Crippen molar-refractivity contribution in [3.05, 3.63) is 29.8 Å². The minimum Gasteiger partial charge on any atom is -0.378 e. The van der Waals surface area contributed by atoms with Crippen LogP contribution >= 0.6 is 0 Å². The second kappa shape index (κ2) is 5.84. The predicted octanol–water partition coefficient (Wildman–Crippen LogP) is -0.122. The number of nitrogens with two attached hydrogens (primary N) is 2. The zero-order chi connectivity index (χ0) is 13.0. The molecule has 0 radical (unpaired) electrons. The van der Waals surface area contributed by atoms with Gasteiger partial charge in [-0.2, -0.15) is 0 Å². The molecule has 0 saturated carbocycles. The zero-order valence-corrected chi connectivity index (χ0v) is 10.3. The fourth-order valence-corrected chi connectivity index (χ4v) is 2.02. The summed E-state index contributed by atoms with van der Waals surface area (Å²) in [5.74, 6) is -0.466. The highest BCUT2D eigenvalue weighted by molar-refractivity contribution is 5.79. The summed E-state index contributed by atoms with van der Waals surface area (Å²) in [6.07, 6.45) is 0.485. The van der Waals surface area contributed by atoms with Crippen LogP contribution in [-0.2, 0) is 16.0 Å². The maximum absolute atomic E-state index is 10.9. The third-order valence-electron chi connectivity index (χ3n) is 3.13. The fraction of sp³-hybridized carbons (Fsp3) is 0.462. The van der Waals surface area contributed by atoms with Gasteiger partial charge in [-0.25, -0.2) is 0 Å². The van der Waals surface area contributed by atoms with Gasteiger partial charge in [0, 0.05) is 18.8 Å². The first-order valence-corrected chi connectivity index (χ1v) is 6.13. The molecule has 1 aromatic rings. The van der Waals surface area contributed by atoms with E-state index in [1.165, 1.54) is 5.69 Å². The summed E-state index contributed by atoms with van der Waals surface area (Å²) in [4.78, 5) is 13.2. The number of benzene rings is 1. The first-order valence-electron chi connectivity index (χ1n) is 6.13. The highest BCUT2D eigenvalue weighted by Crippen LogP contribution is 2.17. The summed E-state index contributed by atoms with van der Waals surface area (Å²) >= 11 is 0. The average molecular weight is 249 g/mol. The Labute approximate surface area is 107 Å². The van der Waals surface area contributed by atoms with E-state index >= 15 is 0 Å². The molecular weight excluding hydrogens is 230 g/mol. The van der Waals surface area contributed by atoms with Crippen LogP contribution in [-0.4, -0.2) is 38.3 Å². The molecule has 1 atom stereocenters. The van der Waals surface area contributed by atoms with Crippen LogP contribution in [0.5, 0.6) is 0 Å². The minimum atomic E-state index is -0.612. The molecular formula is C13H19N3O2. The number of hydrogen-bond donors (Lipinski definition) is 2. The highest BCUT2D eigenvalue weighted by atomic mass is 16.5. The van der Waals surface area contributed by atoms with Gasteiger partial charge in [0.05, 0.1) is 19.3 Å². The number of hydrogen-bond acceptors (Lipinski definition) is 4. The van der Waals surface area contributed by atoms with Gasteiger partial charge in [-0.1, -0.05) is 12.1 Å². The molecule has 1 aliphatic heterocycles. The largest absolute Gasteiger partial charge is 0.378 e. The summed E-state index contributed by atoms with van der Waals surface area (Å²) in [5.41, 5.74) is 13.0. The average Bonchev–Trinajstić information content (AvgIpc) is 2.40. The molecule has 0 spiro atoms. The Balaban J connectivity index is 1.98. The van der Waals surface area contributed by atoms with E-state index in [1.807, 2.05) is 24.3 Å². The van der Waals surface area contributed by atoms with E-state index in [9.17, 15) is 4.79 Å². The van der Waals surface area contributed by atoms with Gasteiger partial charge in [0.2, 0.25) is 5.91 Å². The number of amides is 1. The molecule has 1 aromatic carbocycles. The number of ether oxygens (including phenoxy) is 1. The molecule has 98 valence electrons. The van der Waals surface area contributed by atoms with Crippen molar-refractivity contribution in [3.8, 4) is 0 Å². The van der Waals surface area contributed by atoms with Crippen molar-refractivity contribution >= 4 is 11.6 Å². The lowest BCUT2D eigenvalue weighted by atomic mass is 10.1. The van der Waals surface area contributed by atoms with Crippen molar-refractivity contribution in [2.24, 2.45) is 11.5 Å². The van der Waals surface area contributed by atoms with Crippen LogP contribution in [0, 0.1) is 0 Å². The third kappa shape index (κ3) is 3.21. The monoisotopic (exact) mass is 249 g/mol. The van der Waals surface area contributed by atoms with Gasteiger partial charge >= 0.3 is 0 Å². The first kappa shape index (κ1) is 12.9. The summed E-state index contributed by atoms with van der Waals surface area (Å²) in [6, 6.07) is 7.48. The molecule has 1 aliphatic rings. The van der Waals surface area contributed by atoms with E-state index in [0.29, 0.717) is 6.42 Å². The summed E-state index contributed by atoms with van der Waals surface area (Å²) in [6.45, 7) is 3.38. The lowest BCUT2D eigenvalue weighted by Gasteiger charge is -2.29. The summed E-state index contributed by atoms with van der Waals surface area (Å²) < 4.78 is 5.31. The Morgan fingerprint density at radius 1 is 1.28 bits per heavy atom. The SMILES string of the molecule is NC(=O)C(N)Cc1ccc(N2CCOCC2)cc1. The lowest BCUT2D eigenvalue weighted by molar-refractivity contribution is -0.119. The van der Waals surface area contributed by atoms with Gasteiger partial charge in [0.1, 0.15) is 0 Å². The van der Waals surface area contributed by atoms with Crippen molar-refractivity contribution < 1.29 is 9.53 Å².